The molecule has 0 bridgehead atoms. The topological polar surface area (TPSA) is 52.6 Å². The molecular formula is C13H17Br2ClO4S. The van der Waals surface area contributed by atoms with Crippen molar-refractivity contribution in [1.29, 1.82) is 0 Å². The van der Waals surface area contributed by atoms with Crippen LogP contribution < -0.4 is 9.47 Å². The highest BCUT2D eigenvalue weighted by Crippen LogP contribution is 2.36. The van der Waals surface area contributed by atoms with Crippen LogP contribution in [0.25, 0.3) is 0 Å². The summed E-state index contributed by atoms with van der Waals surface area (Å²) in [5.74, 6) is 1.14. The zero-order valence-corrected chi connectivity index (χ0v) is 16.6. The van der Waals surface area contributed by atoms with Gasteiger partial charge in [0.15, 0.2) is 0 Å². The van der Waals surface area contributed by atoms with E-state index in [1.165, 1.54) is 0 Å². The fourth-order valence-corrected chi connectivity index (χ4v) is 4.06. The molecule has 21 heavy (non-hydrogen) atoms. The summed E-state index contributed by atoms with van der Waals surface area (Å²) in [7, 11) is 3.36. The summed E-state index contributed by atoms with van der Waals surface area (Å²) in [6.07, 6.45) is 0. The van der Waals surface area contributed by atoms with Gasteiger partial charge in [-0.1, -0.05) is 13.8 Å². The third-order valence-electron chi connectivity index (χ3n) is 3.02. The summed E-state index contributed by atoms with van der Waals surface area (Å²) < 4.78 is 34.9. The quantitative estimate of drug-likeness (QED) is 0.560. The molecule has 0 fully saturated rings. The molecular weight excluding hydrogens is 447 g/mol. The van der Waals surface area contributed by atoms with Crippen LogP contribution in [0.15, 0.2) is 21.1 Å². The third kappa shape index (κ3) is 6.34. The Hall–Kier alpha value is 0.0200. The van der Waals surface area contributed by atoms with Gasteiger partial charge in [-0.25, -0.2) is 8.42 Å². The number of hydrogen-bond donors (Lipinski definition) is 0. The first-order valence-corrected chi connectivity index (χ1v) is 10.3. The summed E-state index contributed by atoms with van der Waals surface area (Å²) in [5, 5.41) is 0. The van der Waals surface area contributed by atoms with E-state index in [1.54, 1.807) is 19.2 Å². The number of halogens is 3. The second-order valence-corrected chi connectivity index (χ2v) is 9.47. The molecule has 4 nitrogen and oxygen atoms in total. The van der Waals surface area contributed by atoms with Gasteiger partial charge >= 0.3 is 0 Å². The molecule has 0 aromatic heterocycles. The maximum atomic E-state index is 11.2. The van der Waals surface area contributed by atoms with Gasteiger partial charge < -0.3 is 9.47 Å². The van der Waals surface area contributed by atoms with Gasteiger partial charge in [0.05, 0.1) is 28.4 Å². The van der Waals surface area contributed by atoms with E-state index < -0.39 is 9.05 Å². The first-order chi connectivity index (χ1) is 9.64. The molecule has 0 aliphatic carbocycles. The van der Waals surface area contributed by atoms with Crippen LogP contribution in [0.4, 0.5) is 0 Å². The number of methoxy groups -OCH3 is 1. The Morgan fingerprint density at radius 1 is 1.19 bits per heavy atom. The Kier molecular flexibility index (Phi) is 7.30. The average Bonchev–Trinajstić information content (AvgIpc) is 2.36. The smallest absolute Gasteiger partial charge is 0.233 e. The second kappa shape index (κ2) is 8.04. The molecule has 1 rings (SSSR count). The molecule has 1 aromatic carbocycles. The van der Waals surface area contributed by atoms with Crippen LogP contribution >= 0.6 is 42.5 Å². The Balaban J connectivity index is 2.83. The van der Waals surface area contributed by atoms with Crippen LogP contribution in [0.5, 0.6) is 11.5 Å². The molecule has 1 aromatic rings. The lowest BCUT2D eigenvalue weighted by molar-refractivity contribution is 0.223. The summed E-state index contributed by atoms with van der Waals surface area (Å²) in [6, 6.07) is 3.55. The predicted molar refractivity (Wildman–Crippen MR) is 91.9 cm³/mol. The Morgan fingerprint density at radius 2 is 1.71 bits per heavy atom. The van der Waals surface area contributed by atoms with Crippen molar-refractivity contribution in [2.45, 2.75) is 13.8 Å². The van der Waals surface area contributed by atoms with Crippen molar-refractivity contribution in [3.05, 3.63) is 21.1 Å². The highest BCUT2D eigenvalue weighted by molar-refractivity contribution is 9.11. The van der Waals surface area contributed by atoms with Gasteiger partial charge in [-0.2, -0.15) is 0 Å². The molecule has 120 valence electrons. The van der Waals surface area contributed by atoms with Crippen molar-refractivity contribution in [2.24, 2.45) is 11.8 Å². The molecule has 0 aliphatic heterocycles. The van der Waals surface area contributed by atoms with Crippen molar-refractivity contribution in [2.75, 3.05) is 19.5 Å². The molecule has 0 spiro atoms. The van der Waals surface area contributed by atoms with Crippen LogP contribution in [0.1, 0.15) is 13.8 Å². The van der Waals surface area contributed by atoms with Crippen molar-refractivity contribution in [1.82, 2.24) is 0 Å². The zero-order chi connectivity index (χ0) is 16.2. The molecule has 0 N–H and O–H groups in total. The van der Waals surface area contributed by atoms with E-state index in [4.69, 9.17) is 20.2 Å². The number of benzene rings is 1. The van der Waals surface area contributed by atoms with Crippen LogP contribution in [0, 0.1) is 11.8 Å². The highest BCUT2D eigenvalue weighted by Gasteiger charge is 2.22. The SMILES string of the molecule is COc1cc(Br)c(OCC(CS(=O)(=O)Cl)C(C)C)cc1Br. The van der Waals surface area contributed by atoms with E-state index in [2.05, 4.69) is 31.9 Å². The number of hydrogen-bond acceptors (Lipinski definition) is 4. The first-order valence-electron chi connectivity index (χ1n) is 6.22. The van der Waals surface area contributed by atoms with Crippen LogP contribution in [0.3, 0.4) is 0 Å². The largest absolute Gasteiger partial charge is 0.496 e. The van der Waals surface area contributed by atoms with Gasteiger partial charge in [-0.05, 0) is 49.9 Å². The monoisotopic (exact) mass is 462 g/mol. The highest BCUT2D eigenvalue weighted by atomic mass is 79.9. The molecule has 0 radical (unpaired) electrons. The van der Waals surface area contributed by atoms with E-state index in [0.717, 1.165) is 8.95 Å². The van der Waals surface area contributed by atoms with Gasteiger partial charge in [0.2, 0.25) is 9.05 Å². The van der Waals surface area contributed by atoms with E-state index in [1.807, 2.05) is 13.8 Å². The minimum atomic E-state index is -3.55. The van der Waals surface area contributed by atoms with Gasteiger partial charge in [0.25, 0.3) is 0 Å². The van der Waals surface area contributed by atoms with Gasteiger partial charge in [-0.15, -0.1) is 0 Å². The lowest BCUT2D eigenvalue weighted by Gasteiger charge is -2.20. The molecule has 0 amide bonds. The minimum Gasteiger partial charge on any atom is -0.496 e. The van der Waals surface area contributed by atoms with Crippen LogP contribution in [-0.2, 0) is 9.05 Å². The lowest BCUT2D eigenvalue weighted by atomic mass is 9.99. The maximum Gasteiger partial charge on any atom is 0.233 e. The van der Waals surface area contributed by atoms with Crippen molar-refractivity contribution in [3.8, 4) is 11.5 Å². The first kappa shape index (κ1) is 19.1. The average molecular weight is 465 g/mol. The standard InChI is InChI=1S/C13H17Br2ClO4S/c1-8(2)9(7-21(16,17)18)6-20-13-5-10(14)12(19-3)4-11(13)15/h4-5,8-9H,6-7H2,1-3H3. The van der Waals surface area contributed by atoms with Crippen molar-refractivity contribution >= 4 is 51.6 Å². The van der Waals surface area contributed by atoms with Gasteiger partial charge in [0.1, 0.15) is 11.5 Å². The van der Waals surface area contributed by atoms with E-state index in [9.17, 15) is 8.42 Å². The summed E-state index contributed by atoms with van der Waals surface area (Å²) in [4.78, 5) is 0. The Morgan fingerprint density at radius 3 is 2.19 bits per heavy atom. The van der Waals surface area contributed by atoms with Crippen LogP contribution in [-0.4, -0.2) is 27.9 Å². The molecule has 8 heteroatoms. The predicted octanol–water partition coefficient (Wildman–Crippen LogP) is 4.44. The number of ether oxygens (including phenoxy) is 2. The summed E-state index contributed by atoms with van der Waals surface area (Å²) in [6.45, 7) is 4.14. The fourth-order valence-electron chi connectivity index (χ4n) is 1.66. The summed E-state index contributed by atoms with van der Waals surface area (Å²) in [5.41, 5.74) is 0. The van der Waals surface area contributed by atoms with Crippen molar-refractivity contribution < 1.29 is 17.9 Å². The third-order valence-corrected chi connectivity index (χ3v) is 5.46. The zero-order valence-electron chi connectivity index (χ0n) is 11.9. The normalized spacial score (nSPS) is 13.3. The molecule has 0 heterocycles. The molecule has 0 saturated carbocycles. The summed E-state index contributed by atoms with van der Waals surface area (Å²) >= 11 is 6.78. The minimum absolute atomic E-state index is 0.110. The lowest BCUT2D eigenvalue weighted by Crippen LogP contribution is -2.24. The van der Waals surface area contributed by atoms with Gasteiger partial charge in [-0.3, -0.25) is 0 Å². The van der Waals surface area contributed by atoms with Crippen LogP contribution in [0.2, 0.25) is 0 Å². The van der Waals surface area contributed by atoms with Crippen molar-refractivity contribution in [3.63, 3.8) is 0 Å². The molecule has 0 aliphatic rings. The molecule has 0 saturated heterocycles. The second-order valence-electron chi connectivity index (χ2n) is 4.94. The Bertz CT molecular complexity index is 590. The van der Waals surface area contributed by atoms with Gasteiger partial charge in [0, 0.05) is 16.6 Å². The fraction of sp³-hybridized carbons (Fsp3) is 0.538. The maximum absolute atomic E-state index is 11.2. The molecule has 1 atom stereocenters. The molecule has 1 unspecified atom stereocenters. The van der Waals surface area contributed by atoms with E-state index in [0.29, 0.717) is 11.5 Å². The Labute approximate surface area is 146 Å². The van der Waals surface area contributed by atoms with E-state index >= 15 is 0 Å². The van der Waals surface area contributed by atoms with E-state index in [-0.39, 0.29) is 24.2 Å². The number of rotatable bonds is 7.